The molecule has 2 aromatic carbocycles. The highest BCUT2D eigenvalue weighted by Gasteiger charge is 2.13. The Labute approximate surface area is 168 Å². The maximum absolute atomic E-state index is 12.2. The second kappa shape index (κ2) is 8.93. The van der Waals surface area contributed by atoms with Crippen LogP contribution in [0.2, 0.25) is 0 Å². The molecule has 1 aromatic heterocycles. The van der Waals surface area contributed by atoms with Crippen LogP contribution in [0.1, 0.15) is 5.82 Å². The Morgan fingerprint density at radius 3 is 2.69 bits per heavy atom. The number of hydrogen-bond donors (Lipinski definition) is 2. The molecule has 0 unspecified atom stereocenters. The smallest absolute Gasteiger partial charge is 0.262 e. The molecule has 4 rings (SSSR count). The van der Waals surface area contributed by atoms with Gasteiger partial charge >= 0.3 is 0 Å². The fourth-order valence-corrected chi connectivity index (χ4v) is 3.20. The number of rotatable bonds is 7. The zero-order valence-corrected chi connectivity index (χ0v) is 16.3. The van der Waals surface area contributed by atoms with Crippen LogP contribution in [0.3, 0.4) is 0 Å². The highest BCUT2D eigenvalue weighted by atomic mass is 16.5. The number of fused-ring (bicyclic) bond motifs is 1. The van der Waals surface area contributed by atoms with Crippen LogP contribution in [0.15, 0.2) is 42.5 Å². The van der Waals surface area contributed by atoms with Gasteiger partial charge in [-0.3, -0.25) is 9.69 Å². The normalized spacial score (nSPS) is 14.7. The number of aromatic amines is 1. The molecule has 0 aliphatic carbocycles. The molecule has 152 valence electrons. The number of anilines is 1. The van der Waals surface area contributed by atoms with Crippen molar-refractivity contribution in [2.75, 3.05) is 45.3 Å². The molecule has 29 heavy (non-hydrogen) atoms. The van der Waals surface area contributed by atoms with Gasteiger partial charge in [0.15, 0.2) is 6.61 Å². The lowest BCUT2D eigenvalue weighted by Crippen LogP contribution is -2.35. The second-order valence-corrected chi connectivity index (χ2v) is 6.82. The number of hydrogen-bond acceptors (Lipinski definition) is 6. The number of aromatic nitrogens is 2. The highest BCUT2D eigenvalue weighted by Crippen LogP contribution is 2.19. The largest absolute Gasteiger partial charge is 0.497 e. The molecule has 0 saturated carbocycles. The maximum Gasteiger partial charge on any atom is 0.262 e. The van der Waals surface area contributed by atoms with Gasteiger partial charge in [-0.05, 0) is 42.5 Å². The molecule has 0 radical (unpaired) electrons. The number of carbonyl (C=O) groups is 1. The fraction of sp³-hybridized carbons (Fsp3) is 0.333. The number of nitrogens with zero attached hydrogens (tertiary/aromatic N) is 2. The summed E-state index contributed by atoms with van der Waals surface area (Å²) in [6.45, 7) is 4.02. The molecule has 1 saturated heterocycles. The van der Waals surface area contributed by atoms with E-state index in [0.717, 1.165) is 55.5 Å². The number of ether oxygens (including phenoxy) is 3. The van der Waals surface area contributed by atoms with Crippen LogP contribution in [-0.2, 0) is 16.1 Å². The first-order valence-electron chi connectivity index (χ1n) is 9.55. The standard InChI is InChI=1S/C21H24N4O4/c1-27-16-3-5-17(6-4-16)29-14-21(26)22-15-2-7-18-19(12-15)24-20(23-18)13-25-8-10-28-11-9-25/h2-7,12H,8-11,13-14H2,1H3,(H,22,26)(H,23,24). The van der Waals surface area contributed by atoms with E-state index in [-0.39, 0.29) is 12.5 Å². The van der Waals surface area contributed by atoms with Gasteiger partial charge in [-0.25, -0.2) is 4.98 Å². The molecule has 2 N–H and O–H groups in total. The van der Waals surface area contributed by atoms with E-state index in [0.29, 0.717) is 11.4 Å². The van der Waals surface area contributed by atoms with Crippen LogP contribution in [0.5, 0.6) is 11.5 Å². The number of morpholine rings is 1. The Hall–Kier alpha value is -3.10. The van der Waals surface area contributed by atoms with Gasteiger partial charge in [0.05, 0.1) is 37.9 Å². The van der Waals surface area contributed by atoms with Crippen molar-refractivity contribution in [3.63, 3.8) is 0 Å². The van der Waals surface area contributed by atoms with Gasteiger partial charge in [0.25, 0.3) is 5.91 Å². The second-order valence-electron chi connectivity index (χ2n) is 6.82. The Bertz CT molecular complexity index is 964. The summed E-state index contributed by atoms with van der Waals surface area (Å²) in [5.74, 6) is 2.03. The van der Waals surface area contributed by atoms with Gasteiger partial charge in [-0.1, -0.05) is 0 Å². The first kappa shape index (κ1) is 19.2. The van der Waals surface area contributed by atoms with Gasteiger partial charge in [0, 0.05) is 18.8 Å². The van der Waals surface area contributed by atoms with E-state index in [2.05, 4.69) is 20.2 Å². The van der Waals surface area contributed by atoms with Crippen molar-refractivity contribution in [3.8, 4) is 11.5 Å². The van der Waals surface area contributed by atoms with Crippen LogP contribution in [0.25, 0.3) is 11.0 Å². The summed E-state index contributed by atoms with van der Waals surface area (Å²) >= 11 is 0. The van der Waals surface area contributed by atoms with Crippen LogP contribution in [0.4, 0.5) is 5.69 Å². The lowest BCUT2D eigenvalue weighted by atomic mass is 10.3. The van der Waals surface area contributed by atoms with Gasteiger partial charge in [0.2, 0.25) is 0 Å². The molecule has 0 spiro atoms. The Morgan fingerprint density at radius 1 is 1.17 bits per heavy atom. The molecule has 2 heterocycles. The lowest BCUT2D eigenvalue weighted by Gasteiger charge is -2.25. The van der Waals surface area contributed by atoms with Crippen LogP contribution >= 0.6 is 0 Å². The fourth-order valence-electron chi connectivity index (χ4n) is 3.20. The Balaban J connectivity index is 1.33. The third-order valence-corrected chi connectivity index (χ3v) is 4.72. The van der Waals surface area contributed by atoms with E-state index in [9.17, 15) is 4.79 Å². The Morgan fingerprint density at radius 2 is 1.93 bits per heavy atom. The molecule has 8 nitrogen and oxygen atoms in total. The Kier molecular flexibility index (Phi) is 5.92. The number of H-pyrrole nitrogens is 1. The SMILES string of the molecule is COc1ccc(OCC(=O)Nc2ccc3nc(CN4CCOCC4)[nH]c3c2)cc1. The third kappa shape index (κ3) is 5.04. The van der Waals surface area contributed by atoms with Crippen molar-refractivity contribution in [3.05, 3.63) is 48.3 Å². The van der Waals surface area contributed by atoms with E-state index in [4.69, 9.17) is 14.2 Å². The predicted octanol–water partition coefficient (Wildman–Crippen LogP) is 2.42. The van der Waals surface area contributed by atoms with Crippen LogP contribution < -0.4 is 14.8 Å². The monoisotopic (exact) mass is 396 g/mol. The molecular formula is C21H24N4O4. The minimum absolute atomic E-state index is 0.0738. The first-order valence-corrected chi connectivity index (χ1v) is 9.55. The van der Waals surface area contributed by atoms with E-state index in [1.165, 1.54) is 0 Å². The number of amides is 1. The molecule has 0 bridgehead atoms. The van der Waals surface area contributed by atoms with Crippen LogP contribution in [-0.4, -0.2) is 60.8 Å². The lowest BCUT2D eigenvalue weighted by molar-refractivity contribution is -0.118. The number of benzene rings is 2. The minimum atomic E-state index is -0.228. The third-order valence-electron chi connectivity index (χ3n) is 4.72. The molecule has 1 fully saturated rings. The average molecular weight is 396 g/mol. The van der Waals surface area contributed by atoms with E-state index in [1.807, 2.05) is 18.2 Å². The van der Waals surface area contributed by atoms with Gasteiger partial charge in [0.1, 0.15) is 17.3 Å². The molecule has 1 amide bonds. The topological polar surface area (TPSA) is 88.7 Å². The van der Waals surface area contributed by atoms with Crippen molar-refractivity contribution in [2.45, 2.75) is 6.54 Å². The van der Waals surface area contributed by atoms with Crippen LogP contribution in [0, 0.1) is 0 Å². The summed E-state index contributed by atoms with van der Waals surface area (Å²) in [7, 11) is 1.60. The molecule has 8 heteroatoms. The number of carbonyl (C=O) groups excluding carboxylic acids is 1. The summed E-state index contributed by atoms with van der Waals surface area (Å²) in [5, 5.41) is 2.85. The zero-order valence-electron chi connectivity index (χ0n) is 16.3. The van der Waals surface area contributed by atoms with Crippen molar-refractivity contribution >= 4 is 22.6 Å². The molecule has 1 aliphatic rings. The van der Waals surface area contributed by atoms with Crippen molar-refractivity contribution in [1.29, 1.82) is 0 Å². The molecule has 1 aliphatic heterocycles. The number of nitrogens with one attached hydrogen (secondary N) is 2. The quantitative estimate of drug-likeness (QED) is 0.638. The predicted molar refractivity (Wildman–Crippen MR) is 109 cm³/mol. The van der Waals surface area contributed by atoms with E-state index >= 15 is 0 Å². The molecular weight excluding hydrogens is 372 g/mol. The highest BCUT2D eigenvalue weighted by molar-refractivity contribution is 5.94. The maximum atomic E-state index is 12.2. The van der Waals surface area contributed by atoms with Gasteiger partial charge < -0.3 is 24.5 Å². The number of methoxy groups -OCH3 is 1. The summed E-state index contributed by atoms with van der Waals surface area (Å²) in [6, 6.07) is 12.7. The first-order chi connectivity index (χ1) is 14.2. The van der Waals surface area contributed by atoms with E-state index in [1.54, 1.807) is 31.4 Å². The van der Waals surface area contributed by atoms with E-state index < -0.39 is 0 Å². The van der Waals surface area contributed by atoms with Gasteiger partial charge in [-0.15, -0.1) is 0 Å². The summed E-state index contributed by atoms with van der Waals surface area (Å²) in [4.78, 5) is 22.5. The molecule has 0 atom stereocenters. The van der Waals surface area contributed by atoms with Crippen molar-refractivity contribution in [2.24, 2.45) is 0 Å². The molecule has 3 aromatic rings. The minimum Gasteiger partial charge on any atom is -0.497 e. The summed E-state index contributed by atoms with van der Waals surface area (Å²) in [6.07, 6.45) is 0. The zero-order chi connectivity index (χ0) is 20.1. The van der Waals surface area contributed by atoms with Crippen molar-refractivity contribution < 1.29 is 19.0 Å². The average Bonchev–Trinajstić information content (AvgIpc) is 3.15. The summed E-state index contributed by atoms with van der Waals surface area (Å²) < 4.78 is 16.0. The number of imidazole rings is 1. The van der Waals surface area contributed by atoms with Crippen molar-refractivity contribution in [1.82, 2.24) is 14.9 Å². The summed E-state index contributed by atoms with van der Waals surface area (Å²) in [5.41, 5.74) is 2.46. The van der Waals surface area contributed by atoms with Gasteiger partial charge in [-0.2, -0.15) is 0 Å².